The van der Waals surface area contributed by atoms with E-state index in [4.69, 9.17) is 17.3 Å². The van der Waals surface area contributed by atoms with Gasteiger partial charge in [-0.1, -0.05) is 33.6 Å². The summed E-state index contributed by atoms with van der Waals surface area (Å²) >= 11 is 9.15. The number of benzene rings is 2. The molecule has 0 fully saturated rings. The Hall–Kier alpha value is -1.43. The number of carbonyl (C=O) groups excluding carboxylic acids is 1. The number of fused-ring (bicyclic) bond motifs is 1. The molecular weight excluding hydrogens is 359 g/mol. The Kier molecular flexibility index (Phi) is 3.73. The molecule has 3 rings (SSSR count). The number of carbonyl (C=O) groups is 1. The third-order valence-corrected chi connectivity index (χ3v) is 4.22. The first-order valence-corrected chi connectivity index (χ1v) is 7.45. The lowest BCUT2D eigenvalue weighted by molar-refractivity contribution is -0.119. The first-order chi connectivity index (χ1) is 9.97. The molecule has 0 bridgehead atoms. The van der Waals surface area contributed by atoms with Crippen molar-refractivity contribution in [2.24, 2.45) is 5.73 Å². The van der Waals surface area contributed by atoms with Crippen molar-refractivity contribution < 1.29 is 9.18 Å². The lowest BCUT2D eigenvalue weighted by Gasteiger charge is -2.18. The molecule has 1 atom stereocenters. The molecule has 3 nitrogen and oxygen atoms in total. The van der Waals surface area contributed by atoms with Gasteiger partial charge in [-0.2, -0.15) is 0 Å². The van der Waals surface area contributed by atoms with Gasteiger partial charge < -0.3 is 10.6 Å². The fourth-order valence-corrected chi connectivity index (χ4v) is 2.94. The zero-order valence-corrected chi connectivity index (χ0v) is 13.2. The lowest BCUT2D eigenvalue weighted by atomic mass is 10.1. The first-order valence-electron chi connectivity index (χ1n) is 6.27. The summed E-state index contributed by atoms with van der Waals surface area (Å²) in [5.74, 6) is -0.622. The van der Waals surface area contributed by atoms with E-state index in [1.165, 1.54) is 11.0 Å². The van der Waals surface area contributed by atoms with Crippen LogP contribution in [0.1, 0.15) is 17.2 Å². The number of hydrogen-bond acceptors (Lipinski definition) is 2. The van der Waals surface area contributed by atoms with E-state index in [0.717, 1.165) is 0 Å². The monoisotopic (exact) mass is 368 g/mol. The Bertz CT molecular complexity index is 738. The van der Waals surface area contributed by atoms with Gasteiger partial charge in [0.25, 0.3) is 0 Å². The summed E-state index contributed by atoms with van der Waals surface area (Å²) in [6.07, 6.45) is 0. The summed E-state index contributed by atoms with van der Waals surface area (Å²) in [6, 6.07) is 9.11. The fraction of sp³-hybridized carbons (Fsp3) is 0.133. The van der Waals surface area contributed by atoms with Gasteiger partial charge in [0.1, 0.15) is 11.9 Å². The highest BCUT2D eigenvalue weighted by molar-refractivity contribution is 9.10. The van der Waals surface area contributed by atoms with Crippen molar-refractivity contribution in [3.05, 3.63) is 62.8 Å². The third kappa shape index (κ3) is 2.57. The molecule has 0 aromatic heterocycles. The molecule has 0 radical (unpaired) electrons. The molecular formula is C15H11BrClFN2O. The van der Waals surface area contributed by atoms with Crippen LogP contribution in [0.4, 0.5) is 10.1 Å². The van der Waals surface area contributed by atoms with Crippen molar-refractivity contribution in [2.45, 2.75) is 12.6 Å². The van der Waals surface area contributed by atoms with Crippen LogP contribution in [-0.4, -0.2) is 5.91 Å². The van der Waals surface area contributed by atoms with Crippen LogP contribution in [0.15, 0.2) is 40.9 Å². The van der Waals surface area contributed by atoms with Crippen molar-refractivity contribution in [3.8, 4) is 0 Å². The number of nitrogens with two attached hydrogens (primary N) is 1. The Morgan fingerprint density at radius 2 is 2.05 bits per heavy atom. The van der Waals surface area contributed by atoms with Gasteiger partial charge >= 0.3 is 0 Å². The van der Waals surface area contributed by atoms with E-state index in [-0.39, 0.29) is 18.3 Å². The van der Waals surface area contributed by atoms with Crippen LogP contribution < -0.4 is 10.6 Å². The van der Waals surface area contributed by atoms with E-state index < -0.39 is 6.04 Å². The second-order valence-corrected chi connectivity index (χ2v) is 6.19. The predicted molar refractivity (Wildman–Crippen MR) is 83.7 cm³/mol. The largest absolute Gasteiger partial charge is 0.316 e. The quantitative estimate of drug-likeness (QED) is 0.875. The molecule has 108 valence electrons. The first kappa shape index (κ1) is 14.5. The van der Waals surface area contributed by atoms with Crippen LogP contribution in [-0.2, 0) is 11.3 Å². The van der Waals surface area contributed by atoms with Crippen molar-refractivity contribution in [2.75, 3.05) is 4.90 Å². The van der Waals surface area contributed by atoms with Crippen LogP contribution in [0, 0.1) is 5.82 Å². The van der Waals surface area contributed by atoms with E-state index >= 15 is 0 Å². The molecule has 2 aromatic rings. The standard InChI is InChI=1S/C15H11BrClFN2O/c16-9-2-1-8(12(18)5-9)7-20-13-4-3-10(17)6-11(13)14(19)15(20)21/h1-6,14H,7,19H2. The second-order valence-electron chi connectivity index (χ2n) is 4.84. The van der Waals surface area contributed by atoms with Gasteiger partial charge in [-0.25, -0.2) is 4.39 Å². The average Bonchev–Trinajstić information content (AvgIpc) is 2.66. The normalized spacial score (nSPS) is 17.2. The van der Waals surface area contributed by atoms with Crippen molar-refractivity contribution in [1.29, 1.82) is 0 Å². The number of halogens is 3. The van der Waals surface area contributed by atoms with Crippen molar-refractivity contribution in [3.63, 3.8) is 0 Å². The third-order valence-electron chi connectivity index (χ3n) is 3.49. The maximum absolute atomic E-state index is 13.9. The molecule has 1 aliphatic rings. The summed E-state index contributed by atoms with van der Waals surface area (Å²) in [6.45, 7) is 0.139. The second kappa shape index (κ2) is 5.40. The maximum Gasteiger partial charge on any atom is 0.248 e. The summed E-state index contributed by atoms with van der Waals surface area (Å²) < 4.78 is 14.6. The summed E-state index contributed by atoms with van der Waals surface area (Å²) in [5.41, 5.74) is 7.70. The van der Waals surface area contributed by atoms with Crippen LogP contribution >= 0.6 is 27.5 Å². The van der Waals surface area contributed by atoms with Crippen LogP contribution in [0.3, 0.4) is 0 Å². The number of anilines is 1. The molecule has 0 saturated heterocycles. The lowest BCUT2D eigenvalue weighted by Crippen LogP contribution is -2.31. The molecule has 1 heterocycles. The van der Waals surface area contributed by atoms with Crippen molar-refractivity contribution in [1.82, 2.24) is 0 Å². The molecule has 21 heavy (non-hydrogen) atoms. The van der Waals surface area contributed by atoms with Gasteiger partial charge in [0.15, 0.2) is 0 Å². The number of amides is 1. The molecule has 0 aliphatic carbocycles. The van der Waals surface area contributed by atoms with Gasteiger partial charge in [-0.3, -0.25) is 4.79 Å². The Morgan fingerprint density at radius 3 is 2.76 bits per heavy atom. The van der Waals surface area contributed by atoms with E-state index in [9.17, 15) is 9.18 Å². The highest BCUT2D eigenvalue weighted by atomic mass is 79.9. The smallest absolute Gasteiger partial charge is 0.248 e. The predicted octanol–water partition coefficient (Wildman–Crippen LogP) is 3.79. The molecule has 6 heteroatoms. The average molecular weight is 370 g/mol. The molecule has 1 aliphatic heterocycles. The zero-order valence-electron chi connectivity index (χ0n) is 10.8. The van der Waals surface area contributed by atoms with Gasteiger partial charge in [-0.05, 0) is 30.3 Å². The summed E-state index contributed by atoms with van der Waals surface area (Å²) in [4.78, 5) is 13.8. The Balaban J connectivity index is 1.98. The highest BCUT2D eigenvalue weighted by Gasteiger charge is 2.35. The van der Waals surface area contributed by atoms with E-state index in [0.29, 0.717) is 26.3 Å². The highest BCUT2D eigenvalue weighted by Crippen LogP contribution is 2.37. The fourth-order valence-electron chi connectivity index (χ4n) is 2.42. The molecule has 2 aromatic carbocycles. The van der Waals surface area contributed by atoms with E-state index in [1.807, 2.05) is 0 Å². The Morgan fingerprint density at radius 1 is 1.29 bits per heavy atom. The van der Waals surface area contributed by atoms with Gasteiger partial charge in [0.2, 0.25) is 5.91 Å². The minimum atomic E-state index is -0.753. The molecule has 1 unspecified atom stereocenters. The number of hydrogen-bond donors (Lipinski definition) is 1. The van der Waals surface area contributed by atoms with Gasteiger partial charge in [0, 0.05) is 26.3 Å². The molecule has 2 N–H and O–H groups in total. The molecule has 0 spiro atoms. The van der Waals surface area contributed by atoms with Gasteiger partial charge in [0.05, 0.1) is 6.54 Å². The van der Waals surface area contributed by atoms with Crippen molar-refractivity contribution >= 4 is 39.1 Å². The van der Waals surface area contributed by atoms with Crippen LogP contribution in [0.5, 0.6) is 0 Å². The SMILES string of the molecule is NC1C(=O)N(Cc2ccc(Br)cc2F)c2ccc(Cl)cc21. The molecule has 0 saturated carbocycles. The molecule has 1 amide bonds. The minimum absolute atomic E-state index is 0.139. The number of nitrogens with zero attached hydrogens (tertiary/aromatic N) is 1. The van der Waals surface area contributed by atoms with E-state index in [1.54, 1.807) is 30.3 Å². The summed E-state index contributed by atoms with van der Waals surface area (Å²) in [5, 5.41) is 0.522. The minimum Gasteiger partial charge on any atom is -0.316 e. The van der Waals surface area contributed by atoms with Crippen LogP contribution in [0.25, 0.3) is 0 Å². The summed E-state index contributed by atoms with van der Waals surface area (Å²) in [7, 11) is 0. The van der Waals surface area contributed by atoms with Crippen LogP contribution in [0.2, 0.25) is 5.02 Å². The topological polar surface area (TPSA) is 46.3 Å². The number of rotatable bonds is 2. The van der Waals surface area contributed by atoms with E-state index in [2.05, 4.69) is 15.9 Å². The maximum atomic E-state index is 13.9. The van der Waals surface area contributed by atoms with Gasteiger partial charge in [-0.15, -0.1) is 0 Å². The zero-order chi connectivity index (χ0) is 15.1. The Labute approximate surface area is 134 Å².